The Kier molecular flexibility index (Phi) is 6.68. The van der Waals surface area contributed by atoms with E-state index in [0.29, 0.717) is 6.54 Å². The number of rotatable bonds is 6. The summed E-state index contributed by atoms with van der Waals surface area (Å²) in [7, 11) is 0. The summed E-state index contributed by atoms with van der Waals surface area (Å²) in [5.41, 5.74) is 4.09. The van der Waals surface area contributed by atoms with Crippen molar-refractivity contribution in [3.63, 3.8) is 0 Å². The van der Waals surface area contributed by atoms with Crippen molar-refractivity contribution in [3.8, 4) is 0 Å². The average Bonchev–Trinajstić information content (AvgIpc) is 3.34. The molecule has 0 aromatic heterocycles. The zero-order chi connectivity index (χ0) is 23.2. The predicted molar refractivity (Wildman–Crippen MR) is 136 cm³/mol. The highest BCUT2D eigenvalue weighted by Gasteiger charge is 2.35. The van der Waals surface area contributed by atoms with Crippen LogP contribution in [0.2, 0.25) is 0 Å². The van der Waals surface area contributed by atoms with Crippen LogP contribution >= 0.6 is 0 Å². The summed E-state index contributed by atoms with van der Waals surface area (Å²) >= 11 is 0. The summed E-state index contributed by atoms with van der Waals surface area (Å²) < 4.78 is 6.06. The van der Waals surface area contributed by atoms with E-state index in [2.05, 4.69) is 53.8 Å². The minimum Gasteiger partial charge on any atom is -0.444 e. The first-order valence-electron chi connectivity index (χ1n) is 11.7. The molecule has 1 N–H and O–H groups in total. The molecule has 1 fully saturated rings. The highest BCUT2D eigenvalue weighted by atomic mass is 16.6. The topological polar surface area (TPSA) is 41.6 Å². The zero-order valence-corrected chi connectivity index (χ0v) is 19.0. The van der Waals surface area contributed by atoms with Crippen molar-refractivity contribution in [3.05, 3.63) is 132 Å². The Balaban J connectivity index is 1.35. The summed E-state index contributed by atoms with van der Waals surface area (Å²) in [6.07, 6.45) is 0.181. The van der Waals surface area contributed by atoms with Gasteiger partial charge in [0.25, 0.3) is 0 Å². The van der Waals surface area contributed by atoms with E-state index < -0.39 is 0 Å². The molecule has 1 amide bonds. The van der Waals surface area contributed by atoms with Gasteiger partial charge in [-0.25, -0.2) is 9.69 Å². The molecule has 0 saturated carbocycles. The minimum absolute atomic E-state index is 0.171. The number of benzene rings is 4. The molecule has 1 heterocycles. The van der Waals surface area contributed by atoms with Gasteiger partial charge in [0.05, 0.1) is 11.4 Å². The lowest BCUT2D eigenvalue weighted by atomic mass is 9.84. The summed E-state index contributed by atoms with van der Waals surface area (Å²) in [4.78, 5) is 15.0. The van der Waals surface area contributed by atoms with Gasteiger partial charge in [0.1, 0.15) is 6.10 Å². The number of hydrogen-bond donors (Lipinski definition) is 1. The van der Waals surface area contributed by atoms with E-state index >= 15 is 0 Å². The standard InChI is InChI=1S/C30H28N2O2/c33-30(32(25-17-9-3-10-18-25)26-19-11-4-12-20-26)34-27-21-28(31-22-27)29(23-13-5-1-6-14-23)24-15-7-2-8-16-24/h1-20,27-29,31H,21-22H2/t27-,28-/m1/s1. The average molecular weight is 449 g/mol. The van der Waals surface area contributed by atoms with Crippen LogP contribution in [-0.4, -0.2) is 24.8 Å². The second kappa shape index (κ2) is 10.4. The van der Waals surface area contributed by atoms with Crippen LogP contribution in [0.4, 0.5) is 16.2 Å². The highest BCUT2D eigenvalue weighted by Crippen LogP contribution is 2.33. The molecule has 1 aliphatic rings. The van der Waals surface area contributed by atoms with Crippen molar-refractivity contribution in [2.24, 2.45) is 0 Å². The summed E-state index contributed by atoms with van der Waals surface area (Å²) in [5.74, 6) is 0.186. The van der Waals surface area contributed by atoms with Gasteiger partial charge >= 0.3 is 6.09 Å². The number of amides is 1. The van der Waals surface area contributed by atoms with E-state index in [-0.39, 0.29) is 24.2 Å². The number of carbonyl (C=O) groups is 1. The SMILES string of the molecule is O=C(O[C@H]1CN[C@@H](C(c2ccccc2)c2ccccc2)C1)N(c1ccccc1)c1ccccc1. The normalized spacial score (nSPS) is 17.4. The maximum absolute atomic E-state index is 13.4. The number of nitrogens with zero attached hydrogens (tertiary/aromatic N) is 1. The van der Waals surface area contributed by atoms with Crippen LogP contribution < -0.4 is 10.2 Å². The Morgan fingerprint density at radius 2 is 1.15 bits per heavy atom. The van der Waals surface area contributed by atoms with E-state index in [0.717, 1.165) is 17.8 Å². The van der Waals surface area contributed by atoms with Crippen molar-refractivity contribution in [1.82, 2.24) is 5.32 Å². The third-order valence-corrected chi connectivity index (χ3v) is 6.32. The van der Waals surface area contributed by atoms with Crippen LogP contribution in [0.1, 0.15) is 23.5 Å². The van der Waals surface area contributed by atoms with Crippen molar-refractivity contribution in [2.45, 2.75) is 24.5 Å². The quantitative estimate of drug-likeness (QED) is 0.365. The van der Waals surface area contributed by atoms with Gasteiger partial charge in [-0.3, -0.25) is 0 Å². The van der Waals surface area contributed by atoms with E-state index in [1.807, 2.05) is 72.8 Å². The smallest absolute Gasteiger partial charge is 0.419 e. The fourth-order valence-corrected chi connectivity index (χ4v) is 4.76. The first-order chi connectivity index (χ1) is 16.8. The Hall–Kier alpha value is -3.89. The molecule has 34 heavy (non-hydrogen) atoms. The van der Waals surface area contributed by atoms with Gasteiger partial charge in [0.15, 0.2) is 0 Å². The second-order valence-electron chi connectivity index (χ2n) is 8.56. The lowest BCUT2D eigenvalue weighted by Gasteiger charge is -2.26. The highest BCUT2D eigenvalue weighted by molar-refractivity contribution is 5.96. The maximum atomic E-state index is 13.4. The van der Waals surface area contributed by atoms with Crippen LogP contribution in [0.3, 0.4) is 0 Å². The molecule has 4 aromatic rings. The maximum Gasteiger partial charge on any atom is 0.419 e. The van der Waals surface area contributed by atoms with Gasteiger partial charge < -0.3 is 10.1 Å². The van der Waals surface area contributed by atoms with Crippen LogP contribution in [0.15, 0.2) is 121 Å². The molecule has 2 atom stereocenters. The first-order valence-corrected chi connectivity index (χ1v) is 11.7. The van der Waals surface area contributed by atoms with Gasteiger partial charge in [0, 0.05) is 24.9 Å². The van der Waals surface area contributed by atoms with Gasteiger partial charge in [-0.2, -0.15) is 0 Å². The number of para-hydroxylation sites is 2. The second-order valence-corrected chi connectivity index (χ2v) is 8.56. The Bertz CT molecular complexity index is 1100. The molecule has 4 nitrogen and oxygen atoms in total. The summed E-state index contributed by atoms with van der Waals surface area (Å²) in [5, 5.41) is 3.63. The summed E-state index contributed by atoms with van der Waals surface area (Å²) in [6.45, 7) is 0.629. The molecular weight excluding hydrogens is 420 g/mol. The van der Waals surface area contributed by atoms with E-state index in [4.69, 9.17) is 4.74 Å². The van der Waals surface area contributed by atoms with E-state index in [1.54, 1.807) is 4.90 Å². The van der Waals surface area contributed by atoms with Crippen LogP contribution in [0.5, 0.6) is 0 Å². The van der Waals surface area contributed by atoms with Crippen LogP contribution in [0.25, 0.3) is 0 Å². The molecule has 0 aliphatic carbocycles. The lowest BCUT2D eigenvalue weighted by molar-refractivity contribution is 0.115. The number of hydrogen-bond acceptors (Lipinski definition) is 3. The molecule has 1 aliphatic heterocycles. The molecule has 5 rings (SSSR count). The van der Waals surface area contributed by atoms with Crippen LogP contribution in [-0.2, 0) is 4.74 Å². The third-order valence-electron chi connectivity index (χ3n) is 6.32. The third kappa shape index (κ3) is 4.87. The number of anilines is 2. The van der Waals surface area contributed by atoms with E-state index in [9.17, 15) is 4.79 Å². The van der Waals surface area contributed by atoms with E-state index in [1.165, 1.54) is 11.1 Å². The van der Waals surface area contributed by atoms with Gasteiger partial charge in [-0.15, -0.1) is 0 Å². The summed E-state index contributed by atoms with van der Waals surface area (Å²) in [6, 6.07) is 40.5. The van der Waals surface area contributed by atoms with Crippen molar-refractivity contribution in [2.75, 3.05) is 11.4 Å². The van der Waals surface area contributed by atoms with Gasteiger partial charge in [0.2, 0.25) is 0 Å². The van der Waals surface area contributed by atoms with Crippen LogP contribution in [0, 0.1) is 0 Å². The molecular formula is C30H28N2O2. The van der Waals surface area contributed by atoms with Gasteiger partial charge in [-0.05, 0) is 35.4 Å². The minimum atomic E-state index is -0.360. The molecule has 4 heteroatoms. The zero-order valence-electron chi connectivity index (χ0n) is 19.0. The lowest BCUT2D eigenvalue weighted by Crippen LogP contribution is -2.31. The monoisotopic (exact) mass is 448 g/mol. The number of ether oxygens (including phenoxy) is 1. The molecule has 1 saturated heterocycles. The van der Waals surface area contributed by atoms with Crippen molar-refractivity contribution in [1.29, 1.82) is 0 Å². The predicted octanol–water partition coefficient (Wildman–Crippen LogP) is 6.52. The first kappa shape index (κ1) is 21.9. The molecule has 0 bridgehead atoms. The van der Waals surface area contributed by atoms with Gasteiger partial charge in [-0.1, -0.05) is 97.1 Å². The van der Waals surface area contributed by atoms with Crippen molar-refractivity contribution < 1.29 is 9.53 Å². The fraction of sp³-hybridized carbons (Fsp3) is 0.167. The molecule has 0 spiro atoms. The number of nitrogens with one attached hydrogen (secondary N) is 1. The Morgan fingerprint density at radius 3 is 1.62 bits per heavy atom. The number of carbonyl (C=O) groups excluding carboxylic acids is 1. The Labute approximate surface area is 200 Å². The Morgan fingerprint density at radius 1 is 0.706 bits per heavy atom. The fourth-order valence-electron chi connectivity index (χ4n) is 4.76. The molecule has 170 valence electrons. The molecule has 4 aromatic carbocycles. The molecule has 0 unspecified atom stereocenters. The largest absolute Gasteiger partial charge is 0.444 e. The molecule has 0 radical (unpaired) electrons. The van der Waals surface area contributed by atoms with Crippen molar-refractivity contribution >= 4 is 17.5 Å².